The second kappa shape index (κ2) is 5.05. The Kier molecular flexibility index (Phi) is 3.25. The average Bonchev–Trinajstić information content (AvgIpc) is 2.97. The van der Waals surface area contributed by atoms with Crippen LogP contribution in [0.3, 0.4) is 0 Å². The van der Waals surface area contributed by atoms with E-state index in [4.69, 9.17) is 10.2 Å². The summed E-state index contributed by atoms with van der Waals surface area (Å²) in [6.45, 7) is 4.51. The van der Waals surface area contributed by atoms with E-state index in [2.05, 4.69) is 34.1 Å². The second-order valence-corrected chi connectivity index (χ2v) is 5.07. The molecule has 4 nitrogen and oxygen atoms in total. The van der Waals surface area contributed by atoms with Crippen LogP contribution >= 0.6 is 0 Å². The van der Waals surface area contributed by atoms with Crippen LogP contribution in [-0.4, -0.2) is 18.1 Å². The summed E-state index contributed by atoms with van der Waals surface area (Å²) in [4.78, 5) is 6.67. The van der Waals surface area contributed by atoms with Crippen molar-refractivity contribution in [3.63, 3.8) is 0 Å². The minimum atomic E-state index is 0.536. The average molecular weight is 257 g/mol. The van der Waals surface area contributed by atoms with Crippen LogP contribution in [0.1, 0.15) is 29.4 Å². The molecule has 1 unspecified atom stereocenters. The summed E-state index contributed by atoms with van der Waals surface area (Å²) in [5.41, 5.74) is 9.46. The van der Waals surface area contributed by atoms with Gasteiger partial charge in [0.25, 0.3) is 0 Å². The number of aryl methyl sites for hydroxylation is 1. The third kappa shape index (κ3) is 2.24. The van der Waals surface area contributed by atoms with Gasteiger partial charge < -0.3 is 15.1 Å². The van der Waals surface area contributed by atoms with E-state index in [0.29, 0.717) is 5.92 Å². The zero-order valence-corrected chi connectivity index (χ0v) is 11.2. The van der Waals surface area contributed by atoms with Crippen LogP contribution in [0.25, 0.3) is 0 Å². The minimum absolute atomic E-state index is 0.536. The van der Waals surface area contributed by atoms with Crippen molar-refractivity contribution in [2.24, 2.45) is 5.73 Å². The lowest BCUT2D eigenvalue weighted by Crippen LogP contribution is -2.22. The van der Waals surface area contributed by atoms with Gasteiger partial charge in [0.1, 0.15) is 11.5 Å². The van der Waals surface area contributed by atoms with Crippen molar-refractivity contribution in [1.82, 2.24) is 4.98 Å². The molecule has 100 valence electrons. The summed E-state index contributed by atoms with van der Waals surface area (Å²) >= 11 is 0. The topological polar surface area (TPSA) is 55.3 Å². The van der Waals surface area contributed by atoms with E-state index in [1.165, 1.54) is 17.6 Å². The Labute approximate surface area is 113 Å². The molecule has 0 spiro atoms. The van der Waals surface area contributed by atoms with Gasteiger partial charge in [-0.2, -0.15) is 0 Å². The minimum Gasteiger partial charge on any atom is -0.448 e. The van der Waals surface area contributed by atoms with Crippen molar-refractivity contribution in [2.45, 2.75) is 25.8 Å². The highest BCUT2D eigenvalue weighted by atomic mass is 16.3. The number of oxazole rings is 1. The number of para-hydroxylation sites is 1. The first-order valence-corrected chi connectivity index (χ1v) is 6.72. The Bertz CT molecular complexity index is 564. The lowest BCUT2D eigenvalue weighted by atomic mass is 9.98. The van der Waals surface area contributed by atoms with Crippen molar-refractivity contribution in [1.29, 1.82) is 0 Å². The zero-order valence-electron chi connectivity index (χ0n) is 11.2. The first kappa shape index (κ1) is 12.2. The summed E-state index contributed by atoms with van der Waals surface area (Å²) < 4.78 is 5.28. The quantitative estimate of drug-likeness (QED) is 0.914. The molecule has 1 aliphatic rings. The molecule has 0 bridgehead atoms. The molecular formula is C15H19N3O. The molecule has 19 heavy (non-hydrogen) atoms. The van der Waals surface area contributed by atoms with E-state index < -0.39 is 0 Å². The van der Waals surface area contributed by atoms with Gasteiger partial charge in [-0.15, -0.1) is 0 Å². The SMILES string of the molecule is Cc1ocnc1CN1CC(CCN)c2ccccc21. The Morgan fingerprint density at radius 2 is 2.26 bits per heavy atom. The highest BCUT2D eigenvalue weighted by molar-refractivity contribution is 5.60. The van der Waals surface area contributed by atoms with Gasteiger partial charge in [-0.1, -0.05) is 18.2 Å². The van der Waals surface area contributed by atoms with Crippen molar-refractivity contribution in [2.75, 3.05) is 18.0 Å². The Morgan fingerprint density at radius 1 is 1.42 bits per heavy atom. The van der Waals surface area contributed by atoms with Crippen molar-refractivity contribution in [3.05, 3.63) is 47.7 Å². The number of benzene rings is 1. The molecule has 2 aromatic rings. The van der Waals surface area contributed by atoms with Gasteiger partial charge in [-0.3, -0.25) is 0 Å². The molecule has 1 aromatic heterocycles. The highest BCUT2D eigenvalue weighted by Gasteiger charge is 2.28. The van der Waals surface area contributed by atoms with Crippen LogP contribution in [0.15, 0.2) is 35.1 Å². The first-order chi connectivity index (χ1) is 9.29. The third-order valence-electron chi connectivity index (χ3n) is 3.86. The van der Waals surface area contributed by atoms with Crippen LogP contribution in [-0.2, 0) is 6.54 Å². The largest absolute Gasteiger partial charge is 0.448 e. The van der Waals surface area contributed by atoms with Gasteiger partial charge in [-0.05, 0) is 31.5 Å². The number of nitrogens with two attached hydrogens (primary N) is 1. The fourth-order valence-corrected chi connectivity index (χ4v) is 2.84. The highest BCUT2D eigenvalue weighted by Crippen LogP contribution is 2.38. The van der Waals surface area contributed by atoms with Gasteiger partial charge in [0, 0.05) is 18.2 Å². The van der Waals surface area contributed by atoms with Gasteiger partial charge in [0.15, 0.2) is 6.39 Å². The van der Waals surface area contributed by atoms with Gasteiger partial charge in [-0.25, -0.2) is 4.98 Å². The zero-order chi connectivity index (χ0) is 13.2. The summed E-state index contributed by atoms with van der Waals surface area (Å²) in [6, 6.07) is 8.59. The predicted molar refractivity (Wildman–Crippen MR) is 75.1 cm³/mol. The fraction of sp³-hybridized carbons (Fsp3) is 0.400. The number of hydrogen-bond donors (Lipinski definition) is 1. The predicted octanol–water partition coefficient (Wildman–Crippen LogP) is 2.44. The molecule has 1 atom stereocenters. The molecule has 1 aromatic carbocycles. The van der Waals surface area contributed by atoms with E-state index in [0.717, 1.165) is 37.5 Å². The molecule has 3 rings (SSSR count). The maximum absolute atomic E-state index is 5.73. The van der Waals surface area contributed by atoms with E-state index in [9.17, 15) is 0 Å². The normalized spacial score (nSPS) is 17.8. The maximum atomic E-state index is 5.73. The number of anilines is 1. The van der Waals surface area contributed by atoms with Crippen LogP contribution in [0.4, 0.5) is 5.69 Å². The number of aromatic nitrogens is 1. The third-order valence-corrected chi connectivity index (χ3v) is 3.86. The van der Waals surface area contributed by atoms with Crippen LogP contribution in [0.5, 0.6) is 0 Å². The van der Waals surface area contributed by atoms with Crippen LogP contribution in [0.2, 0.25) is 0 Å². The molecule has 2 N–H and O–H groups in total. The molecule has 2 heterocycles. The number of hydrogen-bond acceptors (Lipinski definition) is 4. The molecule has 4 heteroatoms. The molecule has 0 amide bonds. The lowest BCUT2D eigenvalue weighted by molar-refractivity contribution is 0.523. The van der Waals surface area contributed by atoms with Crippen LogP contribution in [0, 0.1) is 6.92 Å². The fourth-order valence-electron chi connectivity index (χ4n) is 2.84. The first-order valence-electron chi connectivity index (χ1n) is 6.72. The molecule has 0 fully saturated rings. The molecule has 0 saturated heterocycles. The van der Waals surface area contributed by atoms with Crippen molar-refractivity contribution >= 4 is 5.69 Å². The number of rotatable bonds is 4. The monoisotopic (exact) mass is 257 g/mol. The Balaban J connectivity index is 1.86. The second-order valence-electron chi connectivity index (χ2n) is 5.07. The summed E-state index contributed by atoms with van der Waals surface area (Å²) in [6.07, 6.45) is 2.55. The number of nitrogens with zero attached hydrogens (tertiary/aromatic N) is 2. The summed E-state index contributed by atoms with van der Waals surface area (Å²) in [5.74, 6) is 1.44. The van der Waals surface area contributed by atoms with Gasteiger partial charge in [0.05, 0.1) is 6.54 Å². The molecule has 0 aliphatic carbocycles. The van der Waals surface area contributed by atoms with Crippen LogP contribution < -0.4 is 10.6 Å². The Morgan fingerprint density at radius 3 is 3.00 bits per heavy atom. The van der Waals surface area contributed by atoms with Crippen molar-refractivity contribution in [3.8, 4) is 0 Å². The summed E-state index contributed by atoms with van der Waals surface area (Å²) in [5, 5.41) is 0. The van der Waals surface area contributed by atoms with E-state index in [1.54, 1.807) is 0 Å². The molecule has 1 aliphatic heterocycles. The molecule has 0 saturated carbocycles. The van der Waals surface area contributed by atoms with E-state index in [1.807, 2.05) is 6.92 Å². The Hall–Kier alpha value is -1.81. The molecule has 0 radical (unpaired) electrons. The molecular weight excluding hydrogens is 238 g/mol. The number of fused-ring (bicyclic) bond motifs is 1. The standard InChI is InChI=1S/C15H19N3O/c1-11-14(17-10-19-11)9-18-8-12(6-7-16)13-4-2-3-5-15(13)18/h2-5,10,12H,6-9,16H2,1H3. The van der Waals surface area contributed by atoms with Gasteiger partial charge in [0.2, 0.25) is 0 Å². The summed E-state index contributed by atoms with van der Waals surface area (Å²) in [7, 11) is 0. The van der Waals surface area contributed by atoms with E-state index >= 15 is 0 Å². The van der Waals surface area contributed by atoms with Gasteiger partial charge >= 0.3 is 0 Å². The van der Waals surface area contributed by atoms with E-state index in [-0.39, 0.29) is 0 Å². The maximum Gasteiger partial charge on any atom is 0.181 e. The lowest BCUT2D eigenvalue weighted by Gasteiger charge is -2.18. The van der Waals surface area contributed by atoms with Crippen molar-refractivity contribution < 1.29 is 4.42 Å². The smallest absolute Gasteiger partial charge is 0.181 e.